The molecule has 0 unspecified atom stereocenters. The molecular weight excluding hydrogens is 394 g/mol. The van der Waals surface area contributed by atoms with Gasteiger partial charge in [0.2, 0.25) is 10.0 Å². The van der Waals surface area contributed by atoms with Crippen LogP contribution in [0.5, 0.6) is 0 Å². The summed E-state index contributed by atoms with van der Waals surface area (Å²) in [6.45, 7) is 0. The maximum atomic E-state index is 12.5. The largest absolute Gasteiger partial charge is 0.241 e. The molecule has 0 aliphatic heterocycles. The molecule has 0 radical (unpaired) electrons. The van der Waals surface area contributed by atoms with Crippen LogP contribution in [0, 0.1) is 11.8 Å². The molecule has 1 aromatic rings. The third-order valence-electron chi connectivity index (χ3n) is 3.73. The van der Waals surface area contributed by atoms with E-state index in [1.165, 1.54) is 0 Å². The van der Waals surface area contributed by atoms with Gasteiger partial charge in [-0.3, -0.25) is 0 Å². The van der Waals surface area contributed by atoms with Crippen molar-refractivity contribution in [1.29, 1.82) is 0 Å². The molecule has 3 rings (SSSR count). The van der Waals surface area contributed by atoms with Crippen molar-refractivity contribution in [3.05, 3.63) is 27.1 Å². The summed E-state index contributed by atoms with van der Waals surface area (Å²) in [7, 11) is -3.45. The Morgan fingerprint density at radius 1 is 1.11 bits per heavy atom. The molecule has 2 saturated carbocycles. The van der Waals surface area contributed by atoms with Crippen LogP contribution < -0.4 is 4.72 Å². The van der Waals surface area contributed by atoms with Gasteiger partial charge < -0.3 is 0 Å². The molecule has 2 aliphatic rings. The number of halogens is 2. The standard InChI is InChI=1S/C13H15Br2NO2S/c14-10-5-6-11(15)12(7-10)19(17,18)16-13(8-1-2-8)9-3-4-9/h5-9,13,16H,1-4H2. The van der Waals surface area contributed by atoms with Gasteiger partial charge in [-0.25, -0.2) is 13.1 Å². The average Bonchev–Trinajstić information content (AvgIpc) is 3.22. The van der Waals surface area contributed by atoms with Gasteiger partial charge in [0.25, 0.3) is 0 Å². The molecule has 1 aromatic carbocycles. The van der Waals surface area contributed by atoms with E-state index in [2.05, 4.69) is 36.6 Å². The van der Waals surface area contributed by atoms with Crippen molar-refractivity contribution in [2.24, 2.45) is 11.8 Å². The SMILES string of the molecule is O=S(=O)(NC(C1CC1)C1CC1)c1cc(Br)ccc1Br. The van der Waals surface area contributed by atoms with E-state index >= 15 is 0 Å². The Morgan fingerprint density at radius 3 is 2.21 bits per heavy atom. The summed E-state index contributed by atoms with van der Waals surface area (Å²) in [5, 5.41) is 0. The molecule has 2 aliphatic carbocycles. The van der Waals surface area contributed by atoms with Crippen LogP contribution in [0.3, 0.4) is 0 Å². The summed E-state index contributed by atoms with van der Waals surface area (Å²) in [6, 6.07) is 5.35. The fourth-order valence-electron chi connectivity index (χ4n) is 2.41. The second kappa shape index (κ2) is 5.13. The molecule has 0 amide bonds. The highest BCUT2D eigenvalue weighted by Gasteiger charge is 2.43. The fraction of sp³-hybridized carbons (Fsp3) is 0.538. The molecule has 0 spiro atoms. The zero-order valence-electron chi connectivity index (χ0n) is 10.3. The quantitative estimate of drug-likeness (QED) is 0.807. The predicted octanol–water partition coefficient (Wildman–Crippen LogP) is 3.68. The molecule has 6 heteroatoms. The first-order valence-corrected chi connectivity index (χ1v) is 9.52. The van der Waals surface area contributed by atoms with Crippen LogP contribution in [0.25, 0.3) is 0 Å². The lowest BCUT2D eigenvalue weighted by atomic mass is 10.1. The molecule has 1 N–H and O–H groups in total. The summed E-state index contributed by atoms with van der Waals surface area (Å²) in [5.41, 5.74) is 0. The van der Waals surface area contributed by atoms with E-state index in [0.717, 1.165) is 30.2 Å². The van der Waals surface area contributed by atoms with Crippen molar-refractivity contribution in [1.82, 2.24) is 4.72 Å². The lowest BCUT2D eigenvalue weighted by molar-refractivity contribution is 0.471. The van der Waals surface area contributed by atoms with E-state index in [0.29, 0.717) is 21.2 Å². The van der Waals surface area contributed by atoms with Gasteiger partial charge in [0.1, 0.15) is 0 Å². The molecule has 19 heavy (non-hydrogen) atoms. The average molecular weight is 409 g/mol. The Kier molecular flexibility index (Phi) is 3.79. The van der Waals surface area contributed by atoms with Crippen LogP contribution >= 0.6 is 31.9 Å². The van der Waals surface area contributed by atoms with Crippen LogP contribution in [-0.4, -0.2) is 14.5 Å². The van der Waals surface area contributed by atoms with Gasteiger partial charge in [-0.2, -0.15) is 0 Å². The lowest BCUT2D eigenvalue weighted by Gasteiger charge is -2.18. The van der Waals surface area contributed by atoms with Crippen LogP contribution in [0.15, 0.2) is 32.0 Å². The normalized spacial score (nSPS) is 19.9. The Balaban J connectivity index is 1.87. The monoisotopic (exact) mass is 407 g/mol. The topological polar surface area (TPSA) is 46.2 Å². The highest BCUT2D eigenvalue weighted by atomic mass is 79.9. The zero-order chi connectivity index (χ0) is 13.6. The number of nitrogens with one attached hydrogen (secondary N) is 1. The number of hydrogen-bond donors (Lipinski definition) is 1. The van der Waals surface area contributed by atoms with Crippen molar-refractivity contribution < 1.29 is 8.42 Å². The Bertz CT molecular complexity index is 583. The first kappa shape index (κ1) is 14.0. The van der Waals surface area contributed by atoms with E-state index in [-0.39, 0.29) is 6.04 Å². The van der Waals surface area contributed by atoms with E-state index in [4.69, 9.17) is 0 Å². The third kappa shape index (κ3) is 3.23. The van der Waals surface area contributed by atoms with E-state index in [9.17, 15) is 8.42 Å². The lowest BCUT2D eigenvalue weighted by Crippen LogP contribution is -2.38. The minimum atomic E-state index is -3.45. The van der Waals surface area contributed by atoms with Crippen LogP contribution in [-0.2, 0) is 10.0 Å². The van der Waals surface area contributed by atoms with E-state index < -0.39 is 10.0 Å². The van der Waals surface area contributed by atoms with Crippen molar-refractivity contribution in [2.45, 2.75) is 36.6 Å². The fourth-order valence-corrected chi connectivity index (χ4v) is 5.29. The Hall–Kier alpha value is 0.0900. The van der Waals surface area contributed by atoms with Gasteiger partial charge in [0.15, 0.2) is 0 Å². The number of hydrogen-bond acceptors (Lipinski definition) is 2. The number of benzene rings is 1. The van der Waals surface area contributed by atoms with Gasteiger partial charge in [-0.15, -0.1) is 0 Å². The van der Waals surface area contributed by atoms with Gasteiger partial charge in [0.05, 0.1) is 4.90 Å². The minimum Gasteiger partial charge on any atom is -0.207 e. The second-order valence-electron chi connectivity index (χ2n) is 5.40. The molecule has 2 fully saturated rings. The summed E-state index contributed by atoms with van der Waals surface area (Å²) in [4.78, 5) is 0.313. The third-order valence-corrected chi connectivity index (χ3v) is 6.68. The first-order chi connectivity index (χ1) is 8.97. The van der Waals surface area contributed by atoms with E-state index in [1.807, 2.05) is 6.07 Å². The molecule has 0 saturated heterocycles. The summed E-state index contributed by atoms with van der Waals surface area (Å²) < 4.78 is 29.3. The first-order valence-electron chi connectivity index (χ1n) is 6.45. The molecule has 104 valence electrons. The van der Waals surface area contributed by atoms with Gasteiger partial charge in [0, 0.05) is 15.0 Å². The van der Waals surface area contributed by atoms with Crippen molar-refractivity contribution in [3.8, 4) is 0 Å². The summed E-state index contributed by atoms with van der Waals surface area (Å²) >= 11 is 6.65. The maximum absolute atomic E-state index is 12.5. The van der Waals surface area contributed by atoms with Gasteiger partial charge >= 0.3 is 0 Å². The van der Waals surface area contributed by atoms with Crippen molar-refractivity contribution >= 4 is 41.9 Å². The smallest absolute Gasteiger partial charge is 0.207 e. The highest BCUT2D eigenvalue weighted by molar-refractivity contribution is 9.11. The molecule has 3 nitrogen and oxygen atoms in total. The molecule has 0 aromatic heterocycles. The minimum absolute atomic E-state index is 0.135. The van der Waals surface area contributed by atoms with Gasteiger partial charge in [-0.05, 0) is 71.6 Å². The number of rotatable bonds is 5. The zero-order valence-corrected chi connectivity index (χ0v) is 14.3. The van der Waals surface area contributed by atoms with E-state index in [1.54, 1.807) is 12.1 Å². The van der Waals surface area contributed by atoms with Crippen LogP contribution in [0.2, 0.25) is 0 Å². The second-order valence-corrected chi connectivity index (χ2v) is 8.85. The number of sulfonamides is 1. The predicted molar refractivity (Wildman–Crippen MR) is 81.4 cm³/mol. The summed E-state index contributed by atoms with van der Waals surface area (Å²) in [6.07, 6.45) is 4.62. The molecule has 0 bridgehead atoms. The van der Waals surface area contributed by atoms with Gasteiger partial charge in [-0.1, -0.05) is 15.9 Å². The maximum Gasteiger partial charge on any atom is 0.241 e. The van der Waals surface area contributed by atoms with Crippen LogP contribution in [0.1, 0.15) is 25.7 Å². The Morgan fingerprint density at radius 2 is 1.68 bits per heavy atom. The Labute approximate surface area is 130 Å². The summed E-state index contributed by atoms with van der Waals surface area (Å²) in [5.74, 6) is 1.10. The highest BCUT2D eigenvalue weighted by Crippen LogP contribution is 2.45. The molecular formula is C13H15Br2NO2S. The molecule has 0 heterocycles. The van der Waals surface area contributed by atoms with Crippen LogP contribution in [0.4, 0.5) is 0 Å². The van der Waals surface area contributed by atoms with Crippen molar-refractivity contribution in [2.75, 3.05) is 0 Å². The molecule has 0 atom stereocenters. The van der Waals surface area contributed by atoms with Crippen molar-refractivity contribution in [3.63, 3.8) is 0 Å².